The maximum atomic E-state index is 8.23. The third kappa shape index (κ3) is 1.60. The Morgan fingerprint density at radius 3 is 2.78 bits per heavy atom. The van der Waals surface area contributed by atoms with Gasteiger partial charge in [0.25, 0.3) is 0 Å². The summed E-state index contributed by atoms with van der Waals surface area (Å²) in [5, 5.41) is 10.8. The molecule has 0 atom stereocenters. The summed E-state index contributed by atoms with van der Waals surface area (Å²) < 4.78 is 5.04. The summed E-state index contributed by atoms with van der Waals surface area (Å²) in [6, 6.07) is 0. The highest BCUT2D eigenvalue weighted by Crippen LogP contribution is 2.32. The molecular formula is C6H9NOS. The van der Waals surface area contributed by atoms with Crippen molar-refractivity contribution in [2.75, 3.05) is 7.11 Å². The van der Waals surface area contributed by atoms with E-state index in [4.69, 9.17) is 10.00 Å². The first-order valence-electron chi connectivity index (χ1n) is 2.94. The Kier molecular flexibility index (Phi) is 2.38. The number of thioether (sulfide) groups is 1. The van der Waals surface area contributed by atoms with Crippen LogP contribution in [0.5, 0.6) is 0 Å². The van der Waals surface area contributed by atoms with Crippen molar-refractivity contribution < 1.29 is 4.74 Å². The van der Waals surface area contributed by atoms with Crippen molar-refractivity contribution in [2.45, 2.75) is 24.2 Å². The SMILES string of the molecule is CO[C@H]1C[C@H](SC#N)C1. The van der Waals surface area contributed by atoms with Crippen LogP contribution in [-0.4, -0.2) is 18.5 Å². The lowest BCUT2D eigenvalue weighted by Crippen LogP contribution is -2.32. The molecule has 0 N–H and O–H groups in total. The van der Waals surface area contributed by atoms with Crippen LogP contribution < -0.4 is 0 Å². The summed E-state index contributed by atoms with van der Waals surface area (Å²) in [5.74, 6) is 0. The second-order valence-electron chi connectivity index (χ2n) is 2.16. The molecule has 0 aromatic heterocycles. The lowest BCUT2D eigenvalue weighted by molar-refractivity contribution is 0.0459. The standard InChI is InChI=1S/C6H9NOS/c1-8-5-2-6(3-5)9-4-7/h5-6H,2-3H2,1H3/t5-,6-. The zero-order valence-electron chi connectivity index (χ0n) is 5.33. The number of methoxy groups -OCH3 is 1. The first-order chi connectivity index (χ1) is 4.36. The van der Waals surface area contributed by atoms with Gasteiger partial charge in [-0.05, 0) is 24.6 Å². The van der Waals surface area contributed by atoms with Crippen molar-refractivity contribution in [2.24, 2.45) is 0 Å². The van der Waals surface area contributed by atoms with Gasteiger partial charge in [-0.25, -0.2) is 0 Å². The second-order valence-corrected chi connectivity index (χ2v) is 3.25. The molecule has 1 aliphatic carbocycles. The minimum atomic E-state index is 0.427. The zero-order valence-corrected chi connectivity index (χ0v) is 6.15. The molecule has 2 nitrogen and oxygen atoms in total. The normalized spacial score (nSPS) is 32.9. The monoisotopic (exact) mass is 143 g/mol. The molecule has 0 aromatic rings. The maximum absolute atomic E-state index is 8.23. The van der Waals surface area contributed by atoms with Gasteiger partial charge in [0.1, 0.15) is 5.40 Å². The molecule has 1 rings (SSSR count). The van der Waals surface area contributed by atoms with Gasteiger partial charge < -0.3 is 4.74 Å². The Morgan fingerprint density at radius 2 is 2.33 bits per heavy atom. The van der Waals surface area contributed by atoms with Crippen LogP contribution in [0.2, 0.25) is 0 Å². The van der Waals surface area contributed by atoms with E-state index in [2.05, 4.69) is 5.40 Å². The molecular weight excluding hydrogens is 134 g/mol. The van der Waals surface area contributed by atoms with E-state index in [1.807, 2.05) is 0 Å². The summed E-state index contributed by atoms with van der Waals surface area (Å²) in [7, 11) is 1.72. The highest BCUT2D eigenvalue weighted by molar-refractivity contribution is 8.04. The largest absolute Gasteiger partial charge is 0.381 e. The predicted octanol–water partition coefficient (Wildman–Crippen LogP) is 1.38. The minimum absolute atomic E-state index is 0.427. The quantitative estimate of drug-likeness (QED) is 0.547. The molecule has 9 heavy (non-hydrogen) atoms. The molecule has 0 amide bonds. The van der Waals surface area contributed by atoms with E-state index in [1.165, 1.54) is 11.8 Å². The number of rotatable bonds is 2. The lowest BCUT2D eigenvalue weighted by atomic mass is 9.95. The van der Waals surface area contributed by atoms with E-state index in [9.17, 15) is 0 Å². The molecule has 0 aliphatic heterocycles. The average molecular weight is 143 g/mol. The van der Waals surface area contributed by atoms with Gasteiger partial charge in [0.05, 0.1) is 6.10 Å². The van der Waals surface area contributed by atoms with Gasteiger partial charge in [0.2, 0.25) is 0 Å². The van der Waals surface area contributed by atoms with E-state index in [0.717, 1.165) is 12.8 Å². The zero-order chi connectivity index (χ0) is 6.69. The summed E-state index contributed by atoms with van der Waals surface area (Å²) in [6.07, 6.45) is 2.53. The Morgan fingerprint density at radius 1 is 1.67 bits per heavy atom. The van der Waals surface area contributed by atoms with Crippen molar-refractivity contribution in [3.63, 3.8) is 0 Å². The highest BCUT2D eigenvalue weighted by Gasteiger charge is 2.29. The van der Waals surface area contributed by atoms with E-state index >= 15 is 0 Å². The Balaban J connectivity index is 2.06. The van der Waals surface area contributed by atoms with Crippen LogP contribution in [0.3, 0.4) is 0 Å². The topological polar surface area (TPSA) is 33.0 Å². The first kappa shape index (κ1) is 6.91. The molecule has 0 unspecified atom stereocenters. The third-order valence-electron chi connectivity index (χ3n) is 1.60. The van der Waals surface area contributed by atoms with Crippen LogP contribution in [0, 0.1) is 10.7 Å². The van der Waals surface area contributed by atoms with Gasteiger partial charge in [-0.1, -0.05) is 0 Å². The first-order valence-corrected chi connectivity index (χ1v) is 3.82. The van der Waals surface area contributed by atoms with E-state index in [-0.39, 0.29) is 0 Å². The van der Waals surface area contributed by atoms with Crippen LogP contribution in [-0.2, 0) is 4.74 Å². The van der Waals surface area contributed by atoms with E-state index in [1.54, 1.807) is 7.11 Å². The van der Waals surface area contributed by atoms with Crippen molar-refractivity contribution in [3.8, 4) is 5.40 Å². The molecule has 0 bridgehead atoms. The fraction of sp³-hybridized carbons (Fsp3) is 0.833. The molecule has 0 heterocycles. The number of thiocyanates is 1. The number of nitrogens with zero attached hydrogens (tertiary/aromatic N) is 1. The van der Waals surface area contributed by atoms with Gasteiger partial charge in [-0.15, -0.1) is 0 Å². The van der Waals surface area contributed by atoms with Crippen LogP contribution in [0.1, 0.15) is 12.8 Å². The molecule has 1 aliphatic rings. The van der Waals surface area contributed by atoms with Crippen molar-refractivity contribution in [1.29, 1.82) is 5.26 Å². The number of hydrogen-bond acceptors (Lipinski definition) is 3. The average Bonchev–Trinajstić information content (AvgIpc) is 1.77. The summed E-state index contributed by atoms with van der Waals surface area (Å²) >= 11 is 1.36. The molecule has 0 radical (unpaired) electrons. The summed E-state index contributed by atoms with van der Waals surface area (Å²) in [5.41, 5.74) is 0. The predicted molar refractivity (Wildman–Crippen MR) is 37.0 cm³/mol. The third-order valence-corrected chi connectivity index (χ3v) is 2.43. The molecule has 0 aromatic carbocycles. The van der Waals surface area contributed by atoms with Gasteiger partial charge in [-0.3, -0.25) is 0 Å². The molecule has 1 fully saturated rings. The highest BCUT2D eigenvalue weighted by atomic mass is 32.2. The Labute approximate surface area is 59.2 Å². The fourth-order valence-electron chi connectivity index (χ4n) is 0.881. The molecule has 3 heteroatoms. The molecule has 0 spiro atoms. The Hall–Kier alpha value is -0.200. The second kappa shape index (κ2) is 3.09. The number of hydrogen-bond donors (Lipinski definition) is 0. The molecule has 0 saturated heterocycles. The molecule has 50 valence electrons. The summed E-state index contributed by atoms with van der Waals surface area (Å²) in [6.45, 7) is 0. The van der Waals surface area contributed by atoms with Gasteiger partial charge >= 0.3 is 0 Å². The maximum Gasteiger partial charge on any atom is 0.133 e. The fourth-order valence-corrected chi connectivity index (χ4v) is 1.65. The molecule has 1 saturated carbocycles. The van der Waals surface area contributed by atoms with Crippen molar-refractivity contribution in [1.82, 2.24) is 0 Å². The lowest BCUT2D eigenvalue weighted by Gasteiger charge is -2.31. The number of ether oxygens (including phenoxy) is 1. The Bertz CT molecular complexity index is 126. The minimum Gasteiger partial charge on any atom is -0.381 e. The van der Waals surface area contributed by atoms with Crippen LogP contribution >= 0.6 is 11.8 Å². The van der Waals surface area contributed by atoms with E-state index < -0.39 is 0 Å². The van der Waals surface area contributed by atoms with Gasteiger partial charge in [0, 0.05) is 12.4 Å². The summed E-state index contributed by atoms with van der Waals surface area (Å²) in [4.78, 5) is 0. The van der Waals surface area contributed by atoms with Gasteiger partial charge in [-0.2, -0.15) is 5.26 Å². The number of nitriles is 1. The van der Waals surface area contributed by atoms with Crippen molar-refractivity contribution >= 4 is 11.8 Å². The van der Waals surface area contributed by atoms with Crippen LogP contribution in [0.25, 0.3) is 0 Å². The van der Waals surface area contributed by atoms with Crippen LogP contribution in [0.4, 0.5) is 0 Å². The van der Waals surface area contributed by atoms with Crippen LogP contribution in [0.15, 0.2) is 0 Å². The van der Waals surface area contributed by atoms with Gasteiger partial charge in [0.15, 0.2) is 0 Å². The van der Waals surface area contributed by atoms with Crippen molar-refractivity contribution in [3.05, 3.63) is 0 Å². The smallest absolute Gasteiger partial charge is 0.133 e. The van der Waals surface area contributed by atoms with E-state index in [0.29, 0.717) is 11.4 Å².